The summed E-state index contributed by atoms with van der Waals surface area (Å²) in [6, 6.07) is 10.7. The molecule has 0 aliphatic carbocycles. The lowest BCUT2D eigenvalue weighted by atomic mass is 10.2. The monoisotopic (exact) mass is 276 g/mol. The predicted octanol–water partition coefficient (Wildman–Crippen LogP) is 2.79. The molecule has 0 bridgehead atoms. The third kappa shape index (κ3) is 2.39. The number of nitro benzene ring substituents is 1. The lowest BCUT2D eigenvalue weighted by Crippen LogP contribution is -2.15. The summed E-state index contributed by atoms with van der Waals surface area (Å²) >= 11 is 0. The van der Waals surface area contributed by atoms with Crippen LogP contribution in [0.3, 0.4) is 0 Å². The summed E-state index contributed by atoms with van der Waals surface area (Å²) in [4.78, 5) is 12.1. The molecule has 0 aliphatic rings. The normalized spacial score (nSPS) is 10.2. The van der Waals surface area contributed by atoms with Crippen molar-refractivity contribution in [3.8, 4) is 0 Å². The summed E-state index contributed by atoms with van der Waals surface area (Å²) in [5.41, 5.74) is 2.72. The first-order valence-electron chi connectivity index (χ1n) is 5.78. The number of nitrogens with zero attached hydrogens (tertiary/aromatic N) is 2. The van der Waals surface area contributed by atoms with Gasteiger partial charge in [-0.2, -0.15) is 0 Å². The molecule has 2 aromatic carbocycles. The zero-order valence-electron chi connectivity index (χ0n) is 10.7. The van der Waals surface area contributed by atoms with Crippen molar-refractivity contribution in [3.63, 3.8) is 0 Å². The number of nitro groups is 1. The molecule has 0 unspecified atom stereocenters. The van der Waals surface area contributed by atoms with Crippen LogP contribution in [0.5, 0.6) is 0 Å². The summed E-state index contributed by atoms with van der Waals surface area (Å²) in [5, 5.41) is 11.2. The van der Waals surface area contributed by atoms with Crippen LogP contribution in [-0.4, -0.2) is 12.0 Å². The van der Waals surface area contributed by atoms with Gasteiger partial charge in [0.25, 0.3) is 0 Å². The molecule has 0 atom stereocenters. The van der Waals surface area contributed by atoms with Crippen LogP contribution in [0, 0.1) is 15.9 Å². The lowest BCUT2D eigenvalue weighted by Gasteiger charge is -2.20. The smallest absolute Gasteiger partial charge is 0.317 e. The zero-order chi connectivity index (χ0) is 14.7. The third-order valence-electron chi connectivity index (χ3n) is 2.93. The second-order valence-electron chi connectivity index (χ2n) is 4.09. The van der Waals surface area contributed by atoms with Gasteiger partial charge >= 0.3 is 5.69 Å². The molecule has 20 heavy (non-hydrogen) atoms. The quantitative estimate of drug-likeness (QED) is 0.509. The highest BCUT2D eigenvalue weighted by Crippen LogP contribution is 2.38. The van der Waals surface area contributed by atoms with Gasteiger partial charge in [-0.25, -0.2) is 4.39 Å². The highest BCUT2D eigenvalue weighted by Gasteiger charge is 2.23. The van der Waals surface area contributed by atoms with Crippen LogP contribution in [0.1, 0.15) is 0 Å². The van der Waals surface area contributed by atoms with Crippen molar-refractivity contribution in [1.29, 1.82) is 0 Å². The number of nitrogens with two attached hydrogens (primary N) is 1. The first-order chi connectivity index (χ1) is 9.56. The van der Waals surface area contributed by atoms with Gasteiger partial charge in [0, 0.05) is 7.05 Å². The number of nitrogen functional groups attached to an aromatic ring is 1. The van der Waals surface area contributed by atoms with Crippen molar-refractivity contribution in [2.75, 3.05) is 17.4 Å². The molecule has 0 spiro atoms. The van der Waals surface area contributed by atoms with Gasteiger partial charge in [0.2, 0.25) is 0 Å². The second kappa shape index (κ2) is 5.54. The Morgan fingerprint density at radius 2 is 1.85 bits per heavy atom. The molecule has 6 nitrogen and oxygen atoms in total. The molecule has 0 saturated heterocycles. The van der Waals surface area contributed by atoms with Crippen molar-refractivity contribution in [2.24, 2.45) is 5.84 Å². The molecular formula is C13H13FN4O2. The predicted molar refractivity (Wildman–Crippen MR) is 75.4 cm³/mol. The van der Waals surface area contributed by atoms with Crippen LogP contribution >= 0.6 is 0 Å². The fourth-order valence-corrected chi connectivity index (χ4v) is 1.96. The minimum Gasteiger partial charge on any atom is -0.337 e. The molecule has 3 N–H and O–H groups in total. The maximum absolute atomic E-state index is 13.8. The van der Waals surface area contributed by atoms with E-state index in [2.05, 4.69) is 5.43 Å². The van der Waals surface area contributed by atoms with Crippen molar-refractivity contribution in [1.82, 2.24) is 0 Å². The number of hydrogen-bond donors (Lipinski definition) is 2. The largest absolute Gasteiger partial charge is 0.337 e. The molecule has 0 heterocycles. The minimum atomic E-state index is -0.554. The number of benzene rings is 2. The maximum Gasteiger partial charge on any atom is 0.317 e. The van der Waals surface area contributed by atoms with Crippen molar-refractivity contribution >= 4 is 22.7 Å². The Kier molecular flexibility index (Phi) is 3.81. The van der Waals surface area contributed by atoms with E-state index in [9.17, 15) is 14.5 Å². The van der Waals surface area contributed by atoms with Crippen LogP contribution in [0.2, 0.25) is 0 Å². The van der Waals surface area contributed by atoms with Gasteiger partial charge in [-0.1, -0.05) is 18.2 Å². The molecule has 0 saturated carbocycles. The molecule has 2 rings (SSSR count). The standard InChI is InChI=1S/C13H13FN4O2/c1-17(11-7-3-2-5-9(11)14)12-8-4-6-10(16-15)13(12)18(19)20/h2-8,16H,15H2,1H3. The SMILES string of the molecule is CN(c1ccccc1F)c1cccc(NN)c1[N+](=O)[O-]. The zero-order valence-corrected chi connectivity index (χ0v) is 10.7. The van der Waals surface area contributed by atoms with E-state index in [1.54, 1.807) is 31.3 Å². The van der Waals surface area contributed by atoms with E-state index >= 15 is 0 Å². The molecule has 104 valence electrons. The summed E-state index contributed by atoms with van der Waals surface area (Å²) in [7, 11) is 1.56. The molecule has 7 heteroatoms. The number of nitrogens with one attached hydrogen (secondary N) is 1. The second-order valence-corrected chi connectivity index (χ2v) is 4.09. The highest BCUT2D eigenvalue weighted by atomic mass is 19.1. The van der Waals surface area contributed by atoms with Crippen LogP contribution < -0.4 is 16.2 Å². The van der Waals surface area contributed by atoms with E-state index < -0.39 is 10.7 Å². The molecular weight excluding hydrogens is 263 g/mol. The Bertz CT molecular complexity index is 648. The Morgan fingerprint density at radius 1 is 1.20 bits per heavy atom. The number of rotatable bonds is 4. The summed E-state index contributed by atoms with van der Waals surface area (Å²) in [6.45, 7) is 0. The number of hydrogen-bond acceptors (Lipinski definition) is 5. The first kappa shape index (κ1) is 13.8. The van der Waals surface area contributed by atoms with Gasteiger partial charge in [0.1, 0.15) is 17.2 Å². The number of anilines is 3. The first-order valence-corrected chi connectivity index (χ1v) is 5.78. The topological polar surface area (TPSA) is 84.4 Å². The third-order valence-corrected chi connectivity index (χ3v) is 2.93. The van der Waals surface area contributed by atoms with Crippen molar-refractivity contribution in [2.45, 2.75) is 0 Å². The lowest BCUT2D eigenvalue weighted by molar-refractivity contribution is -0.383. The fourth-order valence-electron chi connectivity index (χ4n) is 1.96. The van der Waals surface area contributed by atoms with Crippen molar-refractivity contribution < 1.29 is 9.31 Å². The van der Waals surface area contributed by atoms with Gasteiger partial charge < -0.3 is 10.3 Å². The molecule has 2 aromatic rings. The van der Waals surface area contributed by atoms with Gasteiger partial charge in [-0.15, -0.1) is 0 Å². The van der Waals surface area contributed by atoms with Crippen LogP contribution in [0.25, 0.3) is 0 Å². The molecule has 0 aromatic heterocycles. The van der Waals surface area contributed by atoms with Gasteiger partial charge in [0.15, 0.2) is 0 Å². The Labute approximate surface area is 114 Å². The van der Waals surface area contributed by atoms with Gasteiger partial charge in [-0.3, -0.25) is 16.0 Å². The van der Waals surface area contributed by atoms with Crippen LogP contribution in [0.15, 0.2) is 42.5 Å². The average Bonchev–Trinajstić information content (AvgIpc) is 2.46. The van der Waals surface area contributed by atoms with E-state index in [0.29, 0.717) is 0 Å². The summed E-state index contributed by atoms with van der Waals surface area (Å²) < 4.78 is 13.8. The highest BCUT2D eigenvalue weighted by molar-refractivity contribution is 5.80. The minimum absolute atomic E-state index is 0.163. The fraction of sp³-hybridized carbons (Fsp3) is 0.0769. The van der Waals surface area contributed by atoms with E-state index in [4.69, 9.17) is 5.84 Å². The number of para-hydroxylation sites is 2. The Balaban J connectivity index is 2.58. The maximum atomic E-state index is 13.8. The van der Waals surface area contributed by atoms with E-state index in [0.717, 1.165) is 0 Å². The number of hydrazine groups is 1. The van der Waals surface area contributed by atoms with Crippen LogP contribution in [-0.2, 0) is 0 Å². The average molecular weight is 276 g/mol. The van der Waals surface area contributed by atoms with E-state index in [1.165, 1.54) is 23.1 Å². The van der Waals surface area contributed by atoms with E-state index in [-0.39, 0.29) is 22.7 Å². The molecule has 0 aliphatic heterocycles. The Hall–Kier alpha value is -2.67. The van der Waals surface area contributed by atoms with E-state index in [1.807, 2.05) is 0 Å². The molecule has 0 amide bonds. The summed E-state index contributed by atoms with van der Waals surface area (Å²) in [6.07, 6.45) is 0. The molecule has 0 fully saturated rings. The van der Waals surface area contributed by atoms with Crippen molar-refractivity contribution in [3.05, 3.63) is 58.4 Å². The van der Waals surface area contributed by atoms with Gasteiger partial charge in [0.05, 0.1) is 10.6 Å². The summed E-state index contributed by atoms with van der Waals surface area (Å²) in [5.74, 6) is 4.82. The molecule has 0 radical (unpaired) electrons. The van der Waals surface area contributed by atoms with Gasteiger partial charge in [-0.05, 0) is 24.3 Å². The number of halogens is 1. The Morgan fingerprint density at radius 3 is 2.45 bits per heavy atom. The van der Waals surface area contributed by atoms with Crippen LogP contribution in [0.4, 0.5) is 27.1 Å².